The van der Waals surface area contributed by atoms with Crippen LogP contribution in [-0.4, -0.2) is 52.6 Å². The number of aryl methyl sites for hydroxylation is 2. The van der Waals surface area contributed by atoms with Crippen LogP contribution in [0.3, 0.4) is 0 Å². The Bertz CT molecular complexity index is 836. The largest absolute Gasteiger partial charge is 0.356 e. The van der Waals surface area contributed by atoms with E-state index >= 15 is 0 Å². The quantitative estimate of drug-likeness (QED) is 0.597. The minimum absolute atomic E-state index is 0.0162. The molecule has 7 nitrogen and oxygen atoms in total. The second-order valence-corrected chi connectivity index (χ2v) is 8.97. The van der Waals surface area contributed by atoms with Crippen LogP contribution in [-0.2, 0) is 11.2 Å². The lowest BCUT2D eigenvalue weighted by Gasteiger charge is -2.33. The molecule has 8 heteroatoms. The molecular formula is C22H31N5O2S. The van der Waals surface area contributed by atoms with Gasteiger partial charge >= 0.3 is 0 Å². The number of rotatable bonds is 9. The second-order valence-electron chi connectivity index (χ2n) is 7.91. The topological polar surface area (TPSA) is 87.2 Å². The number of nitrogens with zero attached hydrogens (tertiary/aromatic N) is 3. The van der Waals surface area contributed by atoms with E-state index in [4.69, 9.17) is 0 Å². The highest BCUT2D eigenvalue weighted by Crippen LogP contribution is 2.17. The number of piperidine rings is 1. The van der Waals surface area contributed by atoms with Crippen molar-refractivity contribution in [2.24, 2.45) is 0 Å². The minimum atomic E-state index is -0.279. The summed E-state index contributed by atoms with van der Waals surface area (Å²) < 4.78 is 0. The van der Waals surface area contributed by atoms with Gasteiger partial charge in [-0.2, -0.15) is 0 Å². The molecule has 162 valence electrons. The Morgan fingerprint density at radius 2 is 2.00 bits per heavy atom. The minimum Gasteiger partial charge on any atom is -0.356 e. The van der Waals surface area contributed by atoms with E-state index in [1.807, 2.05) is 31.2 Å². The van der Waals surface area contributed by atoms with Crippen LogP contribution >= 0.6 is 11.3 Å². The molecule has 0 bridgehead atoms. The van der Waals surface area contributed by atoms with Crippen LogP contribution in [0.1, 0.15) is 59.4 Å². The standard InChI is InChI=1S/C22H31N5O2S/c1-16-7-9-18(10-8-16)24-21(29)22-26-25-20(30-22)12-11-19(28)23-13-5-15-27-14-4-3-6-17(27)2/h7-10,17H,3-6,11-15H2,1-2H3,(H,23,28)(H,24,29)/t17-/m1/s1. The Labute approximate surface area is 182 Å². The fraction of sp³-hybridized carbons (Fsp3) is 0.545. The number of benzene rings is 1. The van der Waals surface area contributed by atoms with Gasteiger partial charge in [0.1, 0.15) is 5.01 Å². The van der Waals surface area contributed by atoms with Gasteiger partial charge in [-0.3, -0.25) is 9.59 Å². The van der Waals surface area contributed by atoms with Gasteiger partial charge in [0.15, 0.2) is 0 Å². The summed E-state index contributed by atoms with van der Waals surface area (Å²) in [4.78, 5) is 26.9. The molecule has 1 atom stereocenters. The SMILES string of the molecule is Cc1ccc(NC(=O)c2nnc(CCC(=O)NCCCN3CCCC[C@H]3C)s2)cc1. The van der Waals surface area contributed by atoms with Crippen molar-refractivity contribution >= 4 is 28.8 Å². The van der Waals surface area contributed by atoms with Crippen LogP contribution in [0, 0.1) is 6.92 Å². The number of carbonyl (C=O) groups is 2. The number of hydrogen-bond donors (Lipinski definition) is 2. The van der Waals surface area contributed by atoms with Crippen LogP contribution < -0.4 is 10.6 Å². The molecule has 2 heterocycles. The number of likely N-dealkylation sites (tertiary alicyclic amines) is 1. The van der Waals surface area contributed by atoms with Crippen molar-refractivity contribution in [2.45, 2.75) is 58.4 Å². The number of hydrogen-bond acceptors (Lipinski definition) is 6. The summed E-state index contributed by atoms with van der Waals surface area (Å²) in [7, 11) is 0. The third-order valence-electron chi connectivity index (χ3n) is 5.42. The third kappa shape index (κ3) is 6.88. The molecular weight excluding hydrogens is 398 g/mol. The Kier molecular flexibility index (Phi) is 8.33. The summed E-state index contributed by atoms with van der Waals surface area (Å²) in [6.07, 6.45) is 5.70. The highest BCUT2D eigenvalue weighted by molar-refractivity contribution is 7.13. The summed E-state index contributed by atoms with van der Waals surface area (Å²) in [6.45, 7) is 7.19. The molecule has 2 aromatic rings. The molecule has 0 spiro atoms. The van der Waals surface area contributed by atoms with Gasteiger partial charge < -0.3 is 15.5 Å². The van der Waals surface area contributed by atoms with Gasteiger partial charge in [-0.25, -0.2) is 0 Å². The van der Waals surface area contributed by atoms with Crippen molar-refractivity contribution in [3.8, 4) is 0 Å². The van der Waals surface area contributed by atoms with Gasteiger partial charge in [-0.15, -0.1) is 10.2 Å². The molecule has 2 N–H and O–H groups in total. The lowest BCUT2D eigenvalue weighted by molar-refractivity contribution is -0.121. The smallest absolute Gasteiger partial charge is 0.286 e. The van der Waals surface area contributed by atoms with Crippen molar-refractivity contribution in [1.29, 1.82) is 0 Å². The normalized spacial score (nSPS) is 16.9. The molecule has 1 aromatic carbocycles. The summed E-state index contributed by atoms with van der Waals surface area (Å²) in [6, 6.07) is 8.24. The van der Waals surface area contributed by atoms with Crippen molar-refractivity contribution in [3.63, 3.8) is 0 Å². The Balaban J connectivity index is 1.34. The maximum absolute atomic E-state index is 12.3. The van der Waals surface area contributed by atoms with Crippen molar-refractivity contribution < 1.29 is 9.59 Å². The van der Waals surface area contributed by atoms with E-state index in [2.05, 4.69) is 32.7 Å². The molecule has 1 fully saturated rings. The third-order valence-corrected chi connectivity index (χ3v) is 6.40. The molecule has 1 aromatic heterocycles. The summed E-state index contributed by atoms with van der Waals surface area (Å²) in [5.74, 6) is -0.262. The van der Waals surface area contributed by atoms with Gasteiger partial charge in [-0.1, -0.05) is 35.5 Å². The fourth-order valence-electron chi connectivity index (χ4n) is 3.58. The van der Waals surface area contributed by atoms with Crippen LogP contribution in [0.15, 0.2) is 24.3 Å². The predicted molar refractivity (Wildman–Crippen MR) is 120 cm³/mol. The molecule has 0 saturated carbocycles. The molecule has 0 unspecified atom stereocenters. The lowest BCUT2D eigenvalue weighted by Crippen LogP contribution is -2.39. The average Bonchev–Trinajstić information content (AvgIpc) is 3.22. The maximum Gasteiger partial charge on any atom is 0.286 e. The van der Waals surface area contributed by atoms with Crippen molar-refractivity contribution in [1.82, 2.24) is 20.4 Å². The van der Waals surface area contributed by atoms with Gasteiger partial charge in [0.05, 0.1) is 0 Å². The van der Waals surface area contributed by atoms with Gasteiger partial charge in [-0.05, 0) is 51.8 Å². The van der Waals surface area contributed by atoms with Crippen molar-refractivity contribution in [3.05, 3.63) is 39.8 Å². The van der Waals surface area contributed by atoms with Crippen LogP contribution in [0.2, 0.25) is 0 Å². The van der Waals surface area contributed by atoms with E-state index < -0.39 is 0 Å². The first-order valence-electron chi connectivity index (χ1n) is 10.7. The van der Waals surface area contributed by atoms with Gasteiger partial charge in [0.2, 0.25) is 10.9 Å². The van der Waals surface area contributed by atoms with E-state index in [0.717, 1.165) is 24.2 Å². The number of anilines is 1. The Morgan fingerprint density at radius 1 is 1.20 bits per heavy atom. The lowest BCUT2D eigenvalue weighted by atomic mass is 10.0. The van der Waals surface area contributed by atoms with E-state index in [1.54, 1.807) is 0 Å². The Morgan fingerprint density at radius 3 is 2.77 bits per heavy atom. The molecule has 30 heavy (non-hydrogen) atoms. The average molecular weight is 430 g/mol. The second kappa shape index (κ2) is 11.2. The fourth-order valence-corrected chi connectivity index (χ4v) is 4.31. The zero-order valence-electron chi connectivity index (χ0n) is 17.8. The summed E-state index contributed by atoms with van der Waals surface area (Å²) >= 11 is 1.23. The molecule has 1 saturated heterocycles. The summed E-state index contributed by atoms with van der Waals surface area (Å²) in [5, 5.41) is 14.8. The van der Waals surface area contributed by atoms with E-state index in [-0.39, 0.29) is 11.8 Å². The van der Waals surface area contributed by atoms with Crippen molar-refractivity contribution in [2.75, 3.05) is 25.0 Å². The first-order chi connectivity index (χ1) is 14.5. The van der Waals surface area contributed by atoms with E-state index in [9.17, 15) is 9.59 Å². The number of aromatic nitrogens is 2. The molecule has 3 rings (SSSR count). The van der Waals surface area contributed by atoms with E-state index in [0.29, 0.717) is 35.4 Å². The predicted octanol–water partition coefficient (Wildman–Crippen LogP) is 3.41. The zero-order valence-corrected chi connectivity index (χ0v) is 18.6. The number of amides is 2. The molecule has 0 radical (unpaired) electrons. The van der Waals surface area contributed by atoms with E-state index in [1.165, 1.54) is 37.1 Å². The molecule has 2 amide bonds. The molecule has 1 aliphatic heterocycles. The van der Waals surface area contributed by atoms with Crippen LogP contribution in [0.4, 0.5) is 5.69 Å². The number of nitrogens with one attached hydrogen (secondary N) is 2. The van der Waals surface area contributed by atoms with Gasteiger partial charge in [0.25, 0.3) is 5.91 Å². The zero-order chi connectivity index (χ0) is 21.3. The summed E-state index contributed by atoms with van der Waals surface area (Å²) in [5.41, 5.74) is 1.85. The first kappa shape index (κ1) is 22.4. The first-order valence-corrected chi connectivity index (χ1v) is 11.5. The molecule has 1 aliphatic rings. The molecule has 0 aliphatic carbocycles. The van der Waals surface area contributed by atoms with Crippen LogP contribution in [0.25, 0.3) is 0 Å². The highest BCUT2D eigenvalue weighted by Gasteiger charge is 2.17. The van der Waals surface area contributed by atoms with Gasteiger partial charge in [0, 0.05) is 37.7 Å². The highest BCUT2D eigenvalue weighted by atomic mass is 32.1. The number of carbonyl (C=O) groups excluding carboxylic acids is 2. The maximum atomic E-state index is 12.3. The monoisotopic (exact) mass is 429 g/mol. The Hall–Kier alpha value is -2.32. The van der Waals surface area contributed by atoms with Crippen LogP contribution in [0.5, 0.6) is 0 Å².